The summed E-state index contributed by atoms with van der Waals surface area (Å²) in [5.74, 6) is 0.494. The Labute approximate surface area is 74.4 Å². The summed E-state index contributed by atoms with van der Waals surface area (Å²) in [7, 11) is 0. The molecule has 66 valence electrons. The molecule has 0 unspecified atom stereocenters. The number of aromatic nitrogens is 2. The van der Waals surface area contributed by atoms with Gasteiger partial charge in [0, 0.05) is 0 Å². The molecule has 1 aromatic heterocycles. The molecule has 1 aromatic carbocycles. The summed E-state index contributed by atoms with van der Waals surface area (Å²) in [5.41, 5.74) is 1.34. The molecule has 13 heavy (non-hydrogen) atoms. The number of rotatable bonds is 0. The van der Waals surface area contributed by atoms with E-state index in [0.29, 0.717) is 16.9 Å². The number of para-hydroxylation sites is 2. The topological polar surface area (TPSA) is 55.1 Å². The Hall–Kier alpha value is -1.84. The molecule has 2 aromatic rings. The Balaban J connectivity index is 2.86. The highest BCUT2D eigenvalue weighted by atomic mass is 16.4. The van der Waals surface area contributed by atoms with Gasteiger partial charge < -0.3 is 5.11 Å². The number of fused-ring (bicyclic) bond motifs is 1. The Kier molecular flexibility index (Phi) is 1.55. The molecule has 0 saturated heterocycles. The van der Waals surface area contributed by atoms with Crippen LogP contribution in [0.15, 0.2) is 24.3 Å². The van der Waals surface area contributed by atoms with Crippen LogP contribution in [0.4, 0.5) is 4.79 Å². The monoisotopic (exact) mass is 176 g/mol. The van der Waals surface area contributed by atoms with Crippen molar-refractivity contribution < 1.29 is 9.90 Å². The molecule has 0 atom stereocenters. The summed E-state index contributed by atoms with van der Waals surface area (Å²) in [5, 5.41) is 8.88. The van der Waals surface area contributed by atoms with Gasteiger partial charge in [0.2, 0.25) is 0 Å². The Morgan fingerprint density at radius 1 is 1.46 bits per heavy atom. The molecule has 1 heterocycles. The third-order valence-corrected chi connectivity index (χ3v) is 1.92. The second-order valence-corrected chi connectivity index (χ2v) is 2.77. The zero-order chi connectivity index (χ0) is 9.42. The number of benzene rings is 1. The van der Waals surface area contributed by atoms with Crippen molar-refractivity contribution in [3.05, 3.63) is 30.1 Å². The van der Waals surface area contributed by atoms with Gasteiger partial charge in [0.15, 0.2) is 0 Å². The molecule has 4 heteroatoms. The molecule has 2 rings (SSSR count). The van der Waals surface area contributed by atoms with Crippen LogP contribution in [-0.2, 0) is 0 Å². The van der Waals surface area contributed by atoms with Crippen LogP contribution >= 0.6 is 0 Å². The summed E-state index contributed by atoms with van der Waals surface area (Å²) in [6.45, 7) is 1.67. The van der Waals surface area contributed by atoms with Crippen LogP contribution in [0, 0.1) is 6.92 Å². The molecule has 0 amide bonds. The SMILES string of the molecule is Cc1nc2ccccc2n1C(=O)O. The molecule has 0 spiro atoms. The van der Waals surface area contributed by atoms with Crippen LogP contribution in [0.1, 0.15) is 5.82 Å². The minimum atomic E-state index is -0.994. The summed E-state index contributed by atoms with van der Waals surface area (Å²) in [4.78, 5) is 14.9. The summed E-state index contributed by atoms with van der Waals surface area (Å²) < 4.78 is 1.18. The highest BCUT2D eigenvalue weighted by molar-refractivity contribution is 5.86. The molecule has 0 aliphatic carbocycles. The van der Waals surface area contributed by atoms with Crippen LogP contribution in [0.25, 0.3) is 11.0 Å². The zero-order valence-corrected chi connectivity index (χ0v) is 7.06. The highest BCUT2D eigenvalue weighted by Crippen LogP contribution is 2.14. The van der Waals surface area contributed by atoms with Gasteiger partial charge in [-0.2, -0.15) is 0 Å². The fraction of sp³-hybridized carbons (Fsp3) is 0.111. The third-order valence-electron chi connectivity index (χ3n) is 1.92. The van der Waals surface area contributed by atoms with Gasteiger partial charge in [0.05, 0.1) is 11.0 Å². The van der Waals surface area contributed by atoms with Gasteiger partial charge in [-0.1, -0.05) is 12.1 Å². The van der Waals surface area contributed by atoms with E-state index >= 15 is 0 Å². The Morgan fingerprint density at radius 3 is 2.85 bits per heavy atom. The molecule has 0 saturated carbocycles. The van der Waals surface area contributed by atoms with Gasteiger partial charge in [0.25, 0.3) is 0 Å². The number of hydrogen-bond acceptors (Lipinski definition) is 2. The van der Waals surface area contributed by atoms with Crippen LogP contribution < -0.4 is 0 Å². The van der Waals surface area contributed by atoms with Crippen molar-refractivity contribution in [2.24, 2.45) is 0 Å². The van der Waals surface area contributed by atoms with E-state index < -0.39 is 6.09 Å². The fourth-order valence-electron chi connectivity index (χ4n) is 1.39. The first-order valence-electron chi connectivity index (χ1n) is 3.87. The van der Waals surface area contributed by atoms with Crippen molar-refractivity contribution in [3.8, 4) is 0 Å². The first kappa shape index (κ1) is 7.79. The number of imidazole rings is 1. The minimum Gasteiger partial charge on any atom is -0.464 e. The Morgan fingerprint density at radius 2 is 2.15 bits per heavy atom. The fourth-order valence-corrected chi connectivity index (χ4v) is 1.39. The van der Waals surface area contributed by atoms with Gasteiger partial charge in [-0.25, -0.2) is 14.3 Å². The van der Waals surface area contributed by atoms with Crippen molar-refractivity contribution in [1.82, 2.24) is 9.55 Å². The Bertz CT molecular complexity index is 473. The lowest BCUT2D eigenvalue weighted by Gasteiger charge is -1.96. The molecule has 0 aliphatic heterocycles. The molecule has 4 nitrogen and oxygen atoms in total. The quantitative estimate of drug-likeness (QED) is 0.666. The molecule has 0 aliphatic rings. The summed E-state index contributed by atoms with van der Waals surface area (Å²) in [6.07, 6.45) is -0.994. The average molecular weight is 176 g/mol. The van der Waals surface area contributed by atoms with Crippen LogP contribution in [0.2, 0.25) is 0 Å². The van der Waals surface area contributed by atoms with Gasteiger partial charge >= 0.3 is 6.09 Å². The first-order valence-corrected chi connectivity index (χ1v) is 3.87. The van der Waals surface area contributed by atoms with Crippen LogP contribution in [0.5, 0.6) is 0 Å². The van der Waals surface area contributed by atoms with Gasteiger partial charge in [-0.15, -0.1) is 0 Å². The average Bonchev–Trinajstić information content (AvgIpc) is 2.39. The number of aryl methyl sites for hydroxylation is 1. The smallest absolute Gasteiger partial charge is 0.417 e. The van der Waals surface area contributed by atoms with Crippen molar-refractivity contribution in [2.75, 3.05) is 0 Å². The van der Waals surface area contributed by atoms with Crippen LogP contribution in [-0.4, -0.2) is 20.8 Å². The maximum atomic E-state index is 10.8. The molecule has 0 fully saturated rings. The van der Waals surface area contributed by atoms with E-state index in [2.05, 4.69) is 4.98 Å². The van der Waals surface area contributed by atoms with Crippen LogP contribution in [0.3, 0.4) is 0 Å². The molecular weight excluding hydrogens is 168 g/mol. The van der Waals surface area contributed by atoms with E-state index in [0.717, 1.165) is 0 Å². The van der Waals surface area contributed by atoms with E-state index in [1.165, 1.54) is 4.57 Å². The molecular formula is C9H8N2O2. The normalized spacial score (nSPS) is 10.5. The first-order chi connectivity index (χ1) is 6.20. The van der Waals surface area contributed by atoms with Gasteiger partial charge in [0.1, 0.15) is 5.82 Å². The second-order valence-electron chi connectivity index (χ2n) is 2.77. The van der Waals surface area contributed by atoms with E-state index in [4.69, 9.17) is 5.11 Å². The van der Waals surface area contributed by atoms with E-state index in [1.807, 2.05) is 6.07 Å². The predicted octanol–water partition coefficient (Wildman–Crippen LogP) is 1.87. The second kappa shape index (κ2) is 2.58. The van der Waals surface area contributed by atoms with Crippen molar-refractivity contribution >= 4 is 17.1 Å². The van der Waals surface area contributed by atoms with Gasteiger partial charge in [-0.3, -0.25) is 0 Å². The van der Waals surface area contributed by atoms with Crippen molar-refractivity contribution in [2.45, 2.75) is 6.92 Å². The van der Waals surface area contributed by atoms with E-state index in [9.17, 15) is 4.79 Å². The molecule has 0 bridgehead atoms. The highest BCUT2D eigenvalue weighted by Gasteiger charge is 2.10. The van der Waals surface area contributed by atoms with E-state index in [-0.39, 0.29) is 0 Å². The number of hydrogen-bond donors (Lipinski definition) is 1. The van der Waals surface area contributed by atoms with Gasteiger partial charge in [-0.05, 0) is 19.1 Å². The number of carbonyl (C=O) groups is 1. The predicted molar refractivity (Wildman–Crippen MR) is 47.9 cm³/mol. The lowest BCUT2D eigenvalue weighted by molar-refractivity contribution is 0.197. The summed E-state index contributed by atoms with van der Waals surface area (Å²) >= 11 is 0. The van der Waals surface area contributed by atoms with Crippen molar-refractivity contribution in [1.29, 1.82) is 0 Å². The van der Waals surface area contributed by atoms with E-state index in [1.54, 1.807) is 25.1 Å². The van der Waals surface area contributed by atoms with Crippen molar-refractivity contribution in [3.63, 3.8) is 0 Å². The maximum absolute atomic E-state index is 10.8. The largest absolute Gasteiger partial charge is 0.464 e. The molecule has 0 radical (unpaired) electrons. The zero-order valence-electron chi connectivity index (χ0n) is 7.06. The lowest BCUT2D eigenvalue weighted by atomic mass is 10.3. The third kappa shape index (κ3) is 1.07. The number of nitrogens with zero attached hydrogens (tertiary/aromatic N) is 2. The minimum absolute atomic E-state index is 0.494. The number of carboxylic acid groups (broad SMARTS) is 1. The standard InChI is InChI=1S/C9H8N2O2/c1-6-10-7-4-2-3-5-8(7)11(6)9(12)13/h2-5H,1H3,(H,12,13). The maximum Gasteiger partial charge on any atom is 0.417 e. The lowest BCUT2D eigenvalue weighted by Crippen LogP contribution is -2.09. The molecule has 1 N–H and O–H groups in total. The summed E-state index contributed by atoms with van der Waals surface area (Å²) in [6, 6.07) is 7.16.